The van der Waals surface area contributed by atoms with Crippen LogP contribution in [0.5, 0.6) is 0 Å². The number of carbonyl (C=O) groups is 2. The molecule has 26 heavy (non-hydrogen) atoms. The third-order valence-corrected chi connectivity index (χ3v) is 4.68. The second kappa shape index (κ2) is 7.09. The first kappa shape index (κ1) is 18.4. The van der Waals surface area contributed by atoms with E-state index in [0.29, 0.717) is 11.6 Å². The Morgan fingerprint density at radius 1 is 1.00 bits per heavy atom. The molecule has 0 saturated carbocycles. The Labute approximate surface area is 160 Å². The molecule has 134 valence electrons. The van der Waals surface area contributed by atoms with Crippen LogP contribution in [-0.4, -0.2) is 11.8 Å². The molecule has 0 saturated heterocycles. The topological polar surface area (TPSA) is 49.4 Å². The third-order valence-electron chi connectivity index (χ3n) is 4.04. The van der Waals surface area contributed by atoms with E-state index in [-0.39, 0.29) is 21.4 Å². The number of benzene rings is 2. The van der Waals surface area contributed by atoms with Crippen molar-refractivity contribution in [2.45, 2.75) is 19.8 Å². The van der Waals surface area contributed by atoms with Crippen molar-refractivity contribution in [1.82, 2.24) is 0 Å². The maximum absolute atomic E-state index is 13.3. The van der Waals surface area contributed by atoms with Crippen LogP contribution < -0.4 is 10.2 Å². The highest BCUT2D eigenvalue weighted by atomic mass is 35.5. The molecule has 2 aromatic rings. The molecule has 0 spiro atoms. The normalized spacial score (nSPS) is 14.6. The number of imide groups is 1. The number of nitrogens with zero attached hydrogens (tertiary/aromatic N) is 1. The molecule has 1 N–H and O–H groups in total. The van der Waals surface area contributed by atoms with E-state index >= 15 is 0 Å². The molecule has 0 aromatic heterocycles. The van der Waals surface area contributed by atoms with Gasteiger partial charge in [0.25, 0.3) is 11.8 Å². The van der Waals surface area contributed by atoms with Gasteiger partial charge in [-0.15, -0.1) is 0 Å². The van der Waals surface area contributed by atoms with Gasteiger partial charge in [-0.2, -0.15) is 0 Å². The maximum Gasteiger partial charge on any atom is 0.283 e. The van der Waals surface area contributed by atoms with Crippen molar-refractivity contribution >= 4 is 46.4 Å². The molecule has 1 aliphatic rings. The fourth-order valence-corrected chi connectivity index (χ4v) is 2.95. The lowest BCUT2D eigenvalue weighted by Crippen LogP contribution is -2.32. The second-order valence-corrected chi connectivity index (χ2v) is 6.92. The lowest BCUT2D eigenvalue weighted by molar-refractivity contribution is -0.120. The summed E-state index contributed by atoms with van der Waals surface area (Å²) in [5, 5.41) is 2.47. The van der Waals surface area contributed by atoms with Gasteiger partial charge in [0.05, 0.1) is 10.7 Å². The zero-order chi connectivity index (χ0) is 19.0. The SMILES string of the molecule is CC(C)c1ccc(NC2=C(Cl)C(=O)N(c3ccc(F)c(Cl)c3)C2=O)cc1. The first-order valence-electron chi connectivity index (χ1n) is 7.90. The van der Waals surface area contributed by atoms with Crippen LogP contribution in [-0.2, 0) is 9.59 Å². The van der Waals surface area contributed by atoms with Crippen molar-refractivity contribution in [3.63, 3.8) is 0 Å². The predicted octanol–water partition coefficient (Wildman–Crippen LogP) is 5.04. The van der Waals surface area contributed by atoms with Crippen LogP contribution in [0.1, 0.15) is 25.3 Å². The summed E-state index contributed by atoms with van der Waals surface area (Å²) in [6.45, 7) is 4.15. The first-order valence-corrected chi connectivity index (χ1v) is 8.65. The van der Waals surface area contributed by atoms with E-state index in [0.717, 1.165) is 16.5 Å². The molecular formula is C19H15Cl2FN2O2. The van der Waals surface area contributed by atoms with E-state index in [1.807, 2.05) is 24.3 Å². The number of nitrogens with one attached hydrogen (secondary N) is 1. The standard InChI is InChI=1S/C19H15Cl2FN2O2/c1-10(2)11-3-5-12(6-4-11)23-17-16(21)18(25)24(19(17)26)13-7-8-15(22)14(20)9-13/h3-10,23H,1-2H3. The molecule has 0 radical (unpaired) electrons. The van der Waals surface area contributed by atoms with Gasteiger partial charge in [-0.05, 0) is 41.8 Å². The minimum atomic E-state index is -0.694. The Morgan fingerprint density at radius 3 is 2.23 bits per heavy atom. The molecule has 1 aliphatic heterocycles. The molecule has 2 amide bonds. The fourth-order valence-electron chi connectivity index (χ4n) is 2.57. The van der Waals surface area contributed by atoms with Crippen molar-refractivity contribution in [2.24, 2.45) is 0 Å². The molecule has 1 heterocycles. The molecular weight excluding hydrogens is 378 g/mol. The highest BCUT2D eigenvalue weighted by molar-refractivity contribution is 6.53. The zero-order valence-electron chi connectivity index (χ0n) is 14.0. The molecule has 0 bridgehead atoms. The van der Waals surface area contributed by atoms with Crippen molar-refractivity contribution in [2.75, 3.05) is 10.2 Å². The number of anilines is 2. The van der Waals surface area contributed by atoms with Gasteiger partial charge in [0.1, 0.15) is 16.5 Å². The number of rotatable bonds is 4. The van der Waals surface area contributed by atoms with Crippen LogP contribution in [0.2, 0.25) is 5.02 Å². The number of hydrogen-bond donors (Lipinski definition) is 1. The van der Waals surface area contributed by atoms with Crippen molar-refractivity contribution in [1.29, 1.82) is 0 Å². The molecule has 0 fully saturated rings. The van der Waals surface area contributed by atoms with Crippen molar-refractivity contribution in [3.05, 3.63) is 69.6 Å². The molecule has 0 atom stereocenters. The lowest BCUT2D eigenvalue weighted by Gasteiger charge is -2.15. The number of hydrogen-bond acceptors (Lipinski definition) is 3. The summed E-state index contributed by atoms with van der Waals surface area (Å²) < 4.78 is 13.3. The Bertz CT molecular complexity index is 924. The van der Waals surface area contributed by atoms with Crippen LogP contribution in [0.25, 0.3) is 0 Å². The highest BCUT2D eigenvalue weighted by Gasteiger charge is 2.39. The lowest BCUT2D eigenvalue weighted by atomic mass is 10.0. The van der Waals surface area contributed by atoms with Gasteiger partial charge in [0.2, 0.25) is 0 Å². The van der Waals surface area contributed by atoms with Crippen molar-refractivity contribution < 1.29 is 14.0 Å². The summed E-state index contributed by atoms with van der Waals surface area (Å²) in [6, 6.07) is 11.1. The van der Waals surface area contributed by atoms with Gasteiger partial charge < -0.3 is 5.32 Å². The Morgan fingerprint density at radius 2 is 1.65 bits per heavy atom. The summed E-state index contributed by atoms with van der Waals surface area (Å²) in [6.07, 6.45) is 0. The van der Waals surface area contributed by atoms with Crippen LogP contribution >= 0.6 is 23.2 Å². The minimum absolute atomic E-state index is 0.0330. The van der Waals surface area contributed by atoms with Gasteiger partial charge in [0.15, 0.2) is 0 Å². The van der Waals surface area contributed by atoms with Gasteiger partial charge >= 0.3 is 0 Å². The maximum atomic E-state index is 13.3. The minimum Gasteiger partial charge on any atom is -0.350 e. The molecule has 0 unspecified atom stereocenters. The van der Waals surface area contributed by atoms with Crippen LogP contribution in [0.15, 0.2) is 53.2 Å². The third kappa shape index (κ3) is 3.32. The average Bonchev–Trinajstić information content (AvgIpc) is 2.81. The average molecular weight is 393 g/mol. The van der Waals surface area contributed by atoms with Gasteiger partial charge in [-0.1, -0.05) is 49.2 Å². The van der Waals surface area contributed by atoms with Gasteiger partial charge in [0, 0.05) is 5.69 Å². The van der Waals surface area contributed by atoms with Gasteiger partial charge in [-0.3, -0.25) is 9.59 Å². The largest absolute Gasteiger partial charge is 0.350 e. The van der Waals surface area contributed by atoms with Gasteiger partial charge in [-0.25, -0.2) is 9.29 Å². The molecule has 3 rings (SSSR count). The molecule has 7 heteroatoms. The van der Waals surface area contributed by atoms with Crippen LogP contribution in [0.4, 0.5) is 15.8 Å². The summed E-state index contributed by atoms with van der Waals surface area (Å²) in [4.78, 5) is 25.9. The predicted molar refractivity (Wildman–Crippen MR) is 101 cm³/mol. The van der Waals surface area contributed by atoms with E-state index < -0.39 is 17.6 Å². The molecule has 2 aromatic carbocycles. The van der Waals surface area contributed by atoms with E-state index in [1.54, 1.807) is 0 Å². The van der Waals surface area contributed by atoms with E-state index in [2.05, 4.69) is 19.2 Å². The zero-order valence-corrected chi connectivity index (χ0v) is 15.5. The quantitative estimate of drug-likeness (QED) is 0.741. The molecule has 0 aliphatic carbocycles. The monoisotopic (exact) mass is 392 g/mol. The summed E-state index contributed by atoms with van der Waals surface area (Å²) in [5.41, 5.74) is 1.89. The Kier molecular flexibility index (Phi) is 5.03. The number of carbonyl (C=O) groups excluding carboxylic acids is 2. The van der Waals surface area contributed by atoms with Crippen LogP contribution in [0.3, 0.4) is 0 Å². The van der Waals surface area contributed by atoms with E-state index in [4.69, 9.17) is 23.2 Å². The van der Waals surface area contributed by atoms with E-state index in [1.165, 1.54) is 12.1 Å². The van der Waals surface area contributed by atoms with E-state index in [9.17, 15) is 14.0 Å². The smallest absolute Gasteiger partial charge is 0.283 e. The molecule has 4 nitrogen and oxygen atoms in total. The Balaban J connectivity index is 1.87. The highest BCUT2D eigenvalue weighted by Crippen LogP contribution is 2.32. The number of halogens is 3. The van der Waals surface area contributed by atoms with Crippen molar-refractivity contribution in [3.8, 4) is 0 Å². The first-order chi connectivity index (χ1) is 12.3. The summed E-state index contributed by atoms with van der Waals surface area (Å²) in [5.74, 6) is -1.59. The van der Waals surface area contributed by atoms with Crippen LogP contribution in [0, 0.1) is 5.82 Å². The second-order valence-electron chi connectivity index (χ2n) is 6.13. The fraction of sp³-hybridized carbons (Fsp3) is 0.158. The summed E-state index contributed by atoms with van der Waals surface area (Å²) in [7, 11) is 0. The number of amides is 2. The Hall–Kier alpha value is -2.37. The summed E-state index contributed by atoms with van der Waals surface area (Å²) >= 11 is 11.8.